The van der Waals surface area contributed by atoms with Gasteiger partial charge in [-0.1, -0.05) is 42.5 Å². The van der Waals surface area contributed by atoms with Crippen LogP contribution in [0.25, 0.3) is 10.8 Å². The highest BCUT2D eigenvalue weighted by atomic mass is 16.4. The molecule has 0 fully saturated rings. The van der Waals surface area contributed by atoms with Gasteiger partial charge in [0, 0.05) is 16.8 Å². The van der Waals surface area contributed by atoms with E-state index in [2.05, 4.69) is 5.32 Å². The Morgan fingerprint density at radius 2 is 1.51 bits per heavy atom. The quantitative estimate of drug-likeness (QED) is 0.144. The number of carboxylic acid groups (broad SMARTS) is 2. The number of benzene rings is 4. The summed E-state index contributed by atoms with van der Waals surface area (Å²) in [6.07, 6.45) is 0. The number of anilines is 3. The van der Waals surface area contributed by atoms with Gasteiger partial charge in [0.15, 0.2) is 5.75 Å². The van der Waals surface area contributed by atoms with Crippen molar-refractivity contribution in [2.45, 2.75) is 6.92 Å². The van der Waals surface area contributed by atoms with Gasteiger partial charge in [0.2, 0.25) is 0 Å². The molecule has 35 heavy (non-hydrogen) atoms. The minimum atomic E-state index is -0.944. The Balaban J connectivity index is 0.000000260. The van der Waals surface area contributed by atoms with Gasteiger partial charge in [-0.3, -0.25) is 9.59 Å². The van der Waals surface area contributed by atoms with E-state index in [9.17, 15) is 14.7 Å². The number of hydrogen-bond donors (Lipinski definition) is 6. The van der Waals surface area contributed by atoms with E-state index in [1.807, 2.05) is 49.4 Å². The van der Waals surface area contributed by atoms with E-state index in [4.69, 9.17) is 26.5 Å². The summed E-state index contributed by atoms with van der Waals surface area (Å²) in [7, 11) is 0. The number of amides is 1. The third kappa shape index (κ3) is 7.22. The molecule has 0 aliphatic heterocycles. The number of carboxylic acids is 1. The molecule has 4 rings (SSSR count). The van der Waals surface area contributed by atoms with Crippen LogP contribution >= 0.6 is 0 Å². The maximum absolute atomic E-state index is 12.3. The van der Waals surface area contributed by atoms with Crippen molar-refractivity contribution < 1.29 is 29.7 Å². The lowest BCUT2D eigenvalue weighted by molar-refractivity contribution is -0.122. The summed E-state index contributed by atoms with van der Waals surface area (Å²) in [5.74, 6) is -1.53. The summed E-state index contributed by atoms with van der Waals surface area (Å²) < 4.78 is 0. The van der Waals surface area contributed by atoms with Crippen molar-refractivity contribution in [1.82, 2.24) is 0 Å². The van der Waals surface area contributed by atoms with Crippen molar-refractivity contribution in [2.75, 3.05) is 16.8 Å². The predicted octanol–water partition coefficient (Wildman–Crippen LogP) is 4.36. The minimum Gasteiger partial charge on any atom is -0.505 e. The average Bonchev–Trinajstić information content (AvgIpc) is 2.82. The maximum Gasteiger partial charge on any atom is 0.335 e. The van der Waals surface area contributed by atoms with E-state index in [0.29, 0.717) is 11.4 Å². The van der Waals surface area contributed by atoms with E-state index in [1.165, 1.54) is 6.07 Å². The summed E-state index contributed by atoms with van der Waals surface area (Å²) in [6.45, 7) is 1.56. The van der Waals surface area contributed by atoms with E-state index in [0.717, 1.165) is 16.3 Å². The normalized spacial score (nSPS) is 9.63. The number of nitrogens with two attached hydrogens (primary N) is 2. The number of phenolic OH excluding ortho intramolecular Hbond substituents is 1. The van der Waals surface area contributed by atoms with Gasteiger partial charge < -0.3 is 32.1 Å². The number of para-hydroxylation sites is 1. The molecule has 4 aromatic rings. The lowest BCUT2D eigenvalue weighted by atomic mass is 10.0. The van der Waals surface area contributed by atoms with Crippen LogP contribution in [-0.4, -0.2) is 33.7 Å². The monoisotopic (exact) mass is 475 g/mol. The van der Waals surface area contributed by atoms with E-state index in [-0.39, 0.29) is 29.0 Å². The Morgan fingerprint density at radius 3 is 2.11 bits per heavy atom. The van der Waals surface area contributed by atoms with Crippen LogP contribution in [0.1, 0.15) is 26.3 Å². The highest BCUT2D eigenvalue weighted by Crippen LogP contribution is 2.33. The Kier molecular flexibility index (Phi) is 9.18. The van der Waals surface area contributed by atoms with Crippen molar-refractivity contribution in [3.63, 3.8) is 0 Å². The lowest BCUT2D eigenvalue weighted by Crippen LogP contribution is -2.12. The van der Waals surface area contributed by atoms with Gasteiger partial charge in [-0.25, -0.2) is 4.79 Å². The topological polar surface area (TPSA) is 176 Å². The van der Waals surface area contributed by atoms with Gasteiger partial charge >= 0.3 is 5.97 Å². The van der Waals surface area contributed by atoms with Crippen molar-refractivity contribution in [2.24, 2.45) is 0 Å². The Morgan fingerprint density at radius 1 is 0.914 bits per heavy atom. The maximum atomic E-state index is 12.3. The number of carbonyl (C=O) groups excluding carboxylic acids is 1. The number of fused-ring (bicyclic) bond motifs is 1. The van der Waals surface area contributed by atoms with Crippen LogP contribution in [0.5, 0.6) is 5.75 Å². The van der Waals surface area contributed by atoms with Crippen LogP contribution in [0.4, 0.5) is 17.1 Å². The first kappa shape index (κ1) is 26.2. The molecular formula is C26H25N3O6. The molecule has 0 saturated heterocycles. The van der Waals surface area contributed by atoms with Crippen LogP contribution in [-0.2, 0) is 4.79 Å². The molecule has 0 bridgehead atoms. The summed E-state index contributed by atoms with van der Waals surface area (Å²) in [6, 6.07) is 22.8. The van der Waals surface area contributed by atoms with Crippen molar-refractivity contribution >= 4 is 46.2 Å². The second-order valence-electron chi connectivity index (χ2n) is 7.27. The molecule has 180 valence electrons. The third-order valence-electron chi connectivity index (χ3n) is 4.68. The zero-order valence-corrected chi connectivity index (χ0v) is 18.8. The first-order chi connectivity index (χ1) is 16.7. The number of rotatable bonds is 3. The molecule has 4 aromatic carbocycles. The van der Waals surface area contributed by atoms with Crippen LogP contribution in [0.3, 0.4) is 0 Å². The van der Waals surface area contributed by atoms with Crippen LogP contribution in [0.2, 0.25) is 0 Å². The van der Waals surface area contributed by atoms with Gasteiger partial charge in [-0.2, -0.15) is 0 Å². The molecule has 0 spiro atoms. The first-order valence-corrected chi connectivity index (χ1v) is 10.2. The van der Waals surface area contributed by atoms with E-state index in [1.54, 1.807) is 30.3 Å². The second kappa shape index (κ2) is 12.3. The molecule has 8 N–H and O–H groups in total. The third-order valence-corrected chi connectivity index (χ3v) is 4.68. The molecule has 1 amide bonds. The Labute approximate surface area is 201 Å². The van der Waals surface area contributed by atoms with Gasteiger partial charge in [0.25, 0.3) is 12.4 Å². The van der Waals surface area contributed by atoms with Gasteiger partial charge in [-0.05, 0) is 54.3 Å². The minimum absolute atomic E-state index is 0.162. The van der Waals surface area contributed by atoms with Crippen LogP contribution in [0, 0.1) is 6.92 Å². The fourth-order valence-electron chi connectivity index (χ4n) is 3.19. The highest BCUT2D eigenvalue weighted by Gasteiger charge is 2.16. The summed E-state index contributed by atoms with van der Waals surface area (Å²) in [5.41, 5.74) is 14.0. The van der Waals surface area contributed by atoms with Crippen molar-refractivity contribution in [3.05, 3.63) is 95.6 Å². The molecule has 0 aliphatic rings. The average molecular weight is 476 g/mol. The van der Waals surface area contributed by atoms with E-state index < -0.39 is 11.9 Å². The van der Waals surface area contributed by atoms with E-state index >= 15 is 0 Å². The number of nitrogen functional groups attached to an aromatic ring is 2. The van der Waals surface area contributed by atoms with Crippen molar-refractivity contribution in [3.8, 4) is 5.75 Å². The molecule has 0 heterocycles. The number of phenols is 1. The number of hydrogen-bond acceptors (Lipinski definition) is 6. The molecule has 9 nitrogen and oxygen atoms in total. The first-order valence-electron chi connectivity index (χ1n) is 10.2. The smallest absolute Gasteiger partial charge is 0.335 e. The number of nitrogens with one attached hydrogen (secondary N) is 1. The summed E-state index contributed by atoms with van der Waals surface area (Å²) in [5, 5.41) is 29.9. The molecule has 0 radical (unpaired) electrons. The largest absolute Gasteiger partial charge is 0.505 e. The highest BCUT2D eigenvalue weighted by molar-refractivity contribution is 6.11. The summed E-state index contributed by atoms with van der Waals surface area (Å²) in [4.78, 5) is 31.1. The Bertz CT molecular complexity index is 1320. The zero-order valence-electron chi connectivity index (χ0n) is 18.8. The fourth-order valence-corrected chi connectivity index (χ4v) is 3.19. The van der Waals surface area contributed by atoms with Crippen molar-refractivity contribution in [1.29, 1.82) is 0 Å². The molecule has 9 heteroatoms. The van der Waals surface area contributed by atoms with Gasteiger partial charge in [-0.15, -0.1) is 0 Å². The SMILES string of the molecule is Cc1cc(N)cc(C(=O)O)c1.Nc1c(O)c(C(=O)Nc2ccccc2)cc2ccccc12.O=CO. The number of carbonyl (C=O) groups is 3. The number of aromatic hydroxyl groups is 1. The molecule has 0 atom stereocenters. The number of aromatic carboxylic acids is 1. The molecule has 0 aliphatic carbocycles. The molecule has 0 aromatic heterocycles. The number of aryl methyl sites for hydroxylation is 1. The predicted molar refractivity (Wildman–Crippen MR) is 136 cm³/mol. The lowest BCUT2D eigenvalue weighted by Gasteiger charge is -2.11. The standard InChI is InChI=1S/C17H14N2O2.C8H9NO2.CH2O2/c18-15-13-9-5-4-6-11(13)10-14(16(15)20)17(21)19-12-7-2-1-3-8-12;1-5-2-6(8(10)11)4-7(9)3-5;2-1-3/h1-10,20H,18H2,(H,19,21);2-4H,9H2,1H3,(H,10,11);1H,(H,2,3). The second-order valence-corrected chi connectivity index (χ2v) is 7.27. The zero-order chi connectivity index (χ0) is 26.0. The molecular weight excluding hydrogens is 450 g/mol. The van der Waals surface area contributed by atoms with Gasteiger partial charge in [0.05, 0.1) is 16.8 Å². The van der Waals surface area contributed by atoms with Crippen LogP contribution < -0.4 is 16.8 Å². The van der Waals surface area contributed by atoms with Crippen LogP contribution in [0.15, 0.2) is 78.9 Å². The molecule has 0 unspecified atom stereocenters. The van der Waals surface area contributed by atoms with Gasteiger partial charge in [0.1, 0.15) is 0 Å². The Hall–Kier alpha value is -5.05. The summed E-state index contributed by atoms with van der Waals surface area (Å²) >= 11 is 0. The molecule has 0 saturated carbocycles. The fraction of sp³-hybridized carbons (Fsp3) is 0.0385.